The first-order valence-electron chi connectivity index (χ1n) is 9.89. The van der Waals surface area contributed by atoms with Gasteiger partial charge in [0.1, 0.15) is 13.2 Å². The van der Waals surface area contributed by atoms with Gasteiger partial charge in [-0.3, -0.25) is 9.69 Å². The van der Waals surface area contributed by atoms with Gasteiger partial charge in [-0.15, -0.1) is 0 Å². The molecule has 152 valence electrons. The molecule has 0 unspecified atom stereocenters. The first kappa shape index (κ1) is 19.7. The number of hydrogen-bond donors (Lipinski definition) is 1. The molecule has 1 amide bonds. The molecule has 4 rings (SSSR count). The van der Waals surface area contributed by atoms with Gasteiger partial charge in [0.05, 0.1) is 30.9 Å². The number of thiazole rings is 1. The van der Waals surface area contributed by atoms with Gasteiger partial charge in [-0.1, -0.05) is 29.0 Å². The molecule has 0 spiro atoms. The number of anilines is 1. The molecule has 1 aliphatic rings. The molecule has 6 nitrogen and oxygen atoms in total. The number of aryl methyl sites for hydroxylation is 1. The fourth-order valence-corrected chi connectivity index (χ4v) is 4.38. The molecule has 1 N–H and O–H groups in total. The third-order valence-corrected chi connectivity index (χ3v) is 5.88. The standard InChI is InChI=1S/C22H25N3O3S/c1-15-6-4-7-16(12-15)21(26)25(9-5-8-24(2)3)22-23-17-13-18-19(14-20(17)29-22)28-11-10-27-18/h4,6-7,12-14H,5,8-11H2,1-3H3/p+1. The molecule has 0 bridgehead atoms. The molecule has 0 radical (unpaired) electrons. The Hall–Kier alpha value is -2.64. The number of ether oxygens (including phenoxy) is 2. The van der Waals surface area contributed by atoms with Crippen LogP contribution in [0.4, 0.5) is 5.13 Å². The smallest absolute Gasteiger partial charge is 0.260 e. The quantitative estimate of drug-likeness (QED) is 0.676. The molecule has 1 aliphatic heterocycles. The molecule has 1 aromatic heterocycles. The van der Waals surface area contributed by atoms with E-state index in [4.69, 9.17) is 14.5 Å². The summed E-state index contributed by atoms with van der Waals surface area (Å²) >= 11 is 1.52. The van der Waals surface area contributed by atoms with Gasteiger partial charge in [0, 0.05) is 30.7 Å². The number of aromatic nitrogens is 1. The van der Waals surface area contributed by atoms with Crippen LogP contribution in [-0.4, -0.2) is 51.3 Å². The molecule has 0 saturated carbocycles. The lowest BCUT2D eigenvalue weighted by molar-refractivity contribution is -0.858. The normalized spacial score (nSPS) is 13.1. The van der Waals surface area contributed by atoms with Crippen molar-refractivity contribution in [2.45, 2.75) is 13.3 Å². The lowest BCUT2D eigenvalue weighted by Gasteiger charge is -2.20. The minimum atomic E-state index is -0.0150. The zero-order valence-corrected chi connectivity index (χ0v) is 17.8. The van der Waals surface area contributed by atoms with Gasteiger partial charge in [-0.2, -0.15) is 0 Å². The fourth-order valence-electron chi connectivity index (χ4n) is 3.38. The van der Waals surface area contributed by atoms with Crippen molar-refractivity contribution < 1.29 is 19.2 Å². The third-order valence-electron chi connectivity index (χ3n) is 4.84. The van der Waals surface area contributed by atoms with Crippen molar-refractivity contribution in [3.8, 4) is 11.5 Å². The number of nitrogens with zero attached hydrogens (tertiary/aromatic N) is 2. The molecular formula is C22H26N3O3S+. The van der Waals surface area contributed by atoms with Gasteiger partial charge in [0.15, 0.2) is 16.6 Å². The molecule has 2 heterocycles. The van der Waals surface area contributed by atoms with Crippen LogP contribution in [0.2, 0.25) is 0 Å². The highest BCUT2D eigenvalue weighted by Crippen LogP contribution is 2.39. The Kier molecular flexibility index (Phi) is 5.69. The van der Waals surface area contributed by atoms with E-state index in [1.165, 1.54) is 16.2 Å². The fraction of sp³-hybridized carbons (Fsp3) is 0.364. The predicted octanol–water partition coefficient (Wildman–Crippen LogP) is 2.56. The number of benzene rings is 2. The molecule has 0 saturated heterocycles. The third kappa shape index (κ3) is 4.36. The Morgan fingerprint density at radius 2 is 1.93 bits per heavy atom. The first-order chi connectivity index (χ1) is 14.0. The van der Waals surface area contributed by atoms with Crippen molar-refractivity contribution >= 4 is 32.6 Å². The van der Waals surface area contributed by atoms with Crippen LogP contribution in [-0.2, 0) is 0 Å². The average molecular weight is 413 g/mol. The largest absolute Gasteiger partial charge is 0.486 e. The zero-order chi connectivity index (χ0) is 20.4. The van der Waals surface area contributed by atoms with Crippen molar-refractivity contribution in [2.24, 2.45) is 0 Å². The highest BCUT2D eigenvalue weighted by Gasteiger charge is 2.23. The summed E-state index contributed by atoms with van der Waals surface area (Å²) in [5, 5.41) is 0.711. The van der Waals surface area contributed by atoms with E-state index in [0.717, 1.165) is 34.5 Å². The highest BCUT2D eigenvalue weighted by atomic mass is 32.1. The Bertz CT molecular complexity index is 988. The Morgan fingerprint density at radius 1 is 1.17 bits per heavy atom. The van der Waals surface area contributed by atoms with Crippen LogP contribution in [0.25, 0.3) is 10.2 Å². The predicted molar refractivity (Wildman–Crippen MR) is 116 cm³/mol. The second-order valence-corrected chi connectivity index (χ2v) is 8.61. The minimum Gasteiger partial charge on any atom is -0.486 e. The second kappa shape index (κ2) is 8.39. The van der Waals surface area contributed by atoms with E-state index >= 15 is 0 Å². The second-order valence-electron chi connectivity index (χ2n) is 7.60. The van der Waals surface area contributed by atoms with Crippen LogP contribution >= 0.6 is 11.3 Å². The lowest BCUT2D eigenvalue weighted by Crippen LogP contribution is -3.05. The lowest BCUT2D eigenvalue weighted by atomic mass is 10.1. The number of quaternary nitrogens is 1. The molecule has 7 heteroatoms. The highest BCUT2D eigenvalue weighted by molar-refractivity contribution is 7.22. The maximum atomic E-state index is 13.3. The van der Waals surface area contributed by atoms with Crippen LogP contribution < -0.4 is 19.3 Å². The molecule has 3 aromatic rings. The van der Waals surface area contributed by atoms with Gasteiger partial charge in [0.2, 0.25) is 0 Å². The summed E-state index contributed by atoms with van der Waals surface area (Å²) in [5.74, 6) is 1.44. The zero-order valence-electron chi connectivity index (χ0n) is 17.0. The Morgan fingerprint density at radius 3 is 2.66 bits per heavy atom. The Balaban J connectivity index is 1.68. The van der Waals surface area contributed by atoms with Gasteiger partial charge < -0.3 is 14.4 Å². The maximum Gasteiger partial charge on any atom is 0.260 e. The average Bonchev–Trinajstić information content (AvgIpc) is 3.11. The number of carbonyl (C=O) groups is 1. The van der Waals surface area contributed by atoms with Gasteiger partial charge in [0.25, 0.3) is 5.91 Å². The van der Waals surface area contributed by atoms with E-state index in [-0.39, 0.29) is 5.91 Å². The number of amides is 1. The van der Waals surface area contributed by atoms with Crippen LogP contribution in [0.15, 0.2) is 36.4 Å². The summed E-state index contributed by atoms with van der Waals surface area (Å²) in [6.45, 7) is 4.71. The van der Waals surface area contributed by atoms with Crippen molar-refractivity contribution in [1.29, 1.82) is 0 Å². The van der Waals surface area contributed by atoms with Crippen molar-refractivity contribution in [1.82, 2.24) is 4.98 Å². The summed E-state index contributed by atoms with van der Waals surface area (Å²) in [6, 6.07) is 11.6. The van der Waals surface area contributed by atoms with Gasteiger partial charge >= 0.3 is 0 Å². The number of carbonyl (C=O) groups excluding carboxylic acids is 1. The van der Waals surface area contributed by atoms with E-state index in [0.29, 0.717) is 36.2 Å². The number of nitrogens with one attached hydrogen (secondary N) is 1. The SMILES string of the molecule is Cc1cccc(C(=O)N(CCC[NH+](C)C)c2nc3cc4c(cc3s2)OCCO4)c1. The number of hydrogen-bond acceptors (Lipinski definition) is 5. The molecular weight excluding hydrogens is 386 g/mol. The van der Waals surface area contributed by atoms with Crippen molar-refractivity contribution in [2.75, 3.05) is 45.3 Å². The Labute approximate surface area is 174 Å². The maximum absolute atomic E-state index is 13.3. The monoisotopic (exact) mass is 412 g/mol. The summed E-state index contributed by atoms with van der Waals surface area (Å²) in [7, 11) is 4.24. The molecule has 29 heavy (non-hydrogen) atoms. The van der Waals surface area contributed by atoms with Gasteiger partial charge in [-0.05, 0) is 19.1 Å². The van der Waals surface area contributed by atoms with E-state index in [1.807, 2.05) is 48.2 Å². The van der Waals surface area contributed by atoms with E-state index < -0.39 is 0 Å². The van der Waals surface area contributed by atoms with E-state index in [2.05, 4.69) is 14.1 Å². The van der Waals surface area contributed by atoms with Crippen molar-refractivity contribution in [3.63, 3.8) is 0 Å². The molecule has 2 aromatic carbocycles. The van der Waals surface area contributed by atoms with Crippen molar-refractivity contribution in [3.05, 3.63) is 47.5 Å². The first-order valence-corrected chi connectivity index (χ1v) is 10.7. The van der Waals surface area contributed by atoms with E-state index in [1.54, 1.807) is 0 Å². The topological polar surface area (TPSA) is 56.1 Å². The summed E-state index contributed by atoms with van der Waals surface area (Å²) < 4.78 is 12.4. The van der Waals surface area contributed by atoms with Crippen LogP contribution in [0.1, 0.15) is 22.3 Å². The number of rotatable bonds is 6. The number of fused-ring (bicyclic) bond motifs is 2. The van der Waals surface area contributed by atoms with Crippen LogP contribution in [0, 0.1) is 6.92 Å². The summed E-state index contributed by atoms with van der Waals surface area (Å²) in [5.41, 5.74) is 2.58. The molecule has 0 atom stereocenters. The van der Waals surface area contributed by atoms with Gasteiger partial charge in [-0.25, -0.2) is 4.98 Å². The molecule has 0 fully saturated rings. The molecule has 0 aliphatic carbocycles. The summed E-state index contributed by atoms with van der Waals surface area (Å²) in [6.07, 6.45) is 0.901. The van der Waals surface area contributed by atoms with Crippen LogP contribution in [0.3, 0.4) is 0 Å². The minimum absolute atomic E-state index is 0.0150. The van der Waals surface area contributed by atoms with Crippen LogP contribution in [0.5, 0.6) is 11.5 Å². The van der Waals surface area contributed by atoms with E-state index in [9.17, 15) is 4.79 Å². The summed E-state index contributed by atoms with van der Waals surface area (Å²) in [4.78, 5) is 21.3.